The van der Waals surface area contributed by atoms with Gasteiger partial charge in [-0.1, -0.05) is 6.07 Å². The van der Waals surface area contributed by atoms with Crippen LogP contribution in [0.2, 0.25) is 0 Å². The van der Waals surface area contributed by atoms with Crippen LogP contribution in [0.3, 0.4) is 0 Å². The molecule has 0 bridgehead atoms. The molecule has 1 aromatic rings. The summed E-state index contributed by atoms with van der Waals surface area (Å²) in [6, 6.07) is 5.48. The molecule has 0 aliphatic carbocycles. The molecule has 0 spiro atoms. The fourth-order valence-electron chi connectivity index (χ4n) is 1.42. The van der Waals surface area contributed by atoms with Crippen molar-refractivity contribution < 1.29 is 14.3 Å². The number of hydrogen-bond acceptors (Lipinski definition) is 3. The van der Waals surface area contributed by atoms with Gasteiger partial charge >= 0.3 is 5.97 Å². The van der Waals surface area contributed by atoms with Crippen molar-refractivity contribution in [1.29, 1.82) is 0 Å². The summed E-state index contributed by atoms with van der Waals surface area (Å²) < 4.78 is 4.52. The maximum atomic E-state index is 12.0. The molecule has 0 saturated carbocycles. The second-order valence-corrected chi connectivity index (χ2v) is 4.04. The Hall–Kier alpha value is -1.84. The van der Waals surface area contributed by atoms with Gasteiger partial charge in [0.1, 0.15) is 6.54 Å². The van der Waals surface area contributed by atoms with E-state index in [0.29, 0.717) is 5.56 Å². The van der Waals surface area contributed by atoms with Gasteiger partial charge in [0.15, 0.2) is 0 Å². The molecule has 0 radical (unpaired) electrons. The van der Waals surface area contributed by atoms with Crippen LogP contribution >= 0.6 is 0 Å². The van der Waals surface area contributed by atoms with Crippen LogP contribution in [0.5, 0.6) is 0 Å². The molecule has 1 rings (SSSR count). The lowest BCUT2D eigenvalue weighted by molar-refractivity contribution is -0.141. The lowest BCUT2D eigenvalue weighted by Crippen LogP contribution is -2.32. The number of nitrogens with zero attached hydrogens (tertiary/aromatic N) is 1. The van der Waals surface area contributed by atoms with E-state index in [-0.39, 0.29) is 12.5 Å². The van der Waals surface area contributed by atoms with Crippen molar-refractivity contribution in [1.82, 2.24) is 4.90 Å². The Labute approximate surface area is 101 Å². The maximum absolute atomic E-state index is 12.0. The first-order valence-electron chi connectivity index (χ1n) is 5.35. The van der Waals surface area contributed by atoms with Crippen molar-refractivity contribution in [3.63, 3.8) is 0 Å². The molecule has 0 aromatic heterocycles. The molecular formula is C13H17NO3. The molecule has 0 aliphatic heterocycles. The van der Waals surface area contributed by atoms with E-state index in [1.165, 1.54) is 12.0 Å². The van der Waals surface area contributed by atoms with Gasteiger partial charge < -0.3 is 9.64 Å². The second-order valence-electron chi connectivity index (χ2n) is 4.04. The Morgan fingerprint density at radius 3 is 2.41 bits per heavy atom. The quantitative estimate of drug-likeness (QED) is 0.747. The van der Waals surface area contributed by atoms with Gasteiger partial charge in [-0.2, -0.15) is 0 Å². The molecule has 4 nitrogen and oxygen atoms in total. The standard InChI is InChI=1S/C13H17NO3/c1-9-5-6-11(7-10(9)2)13(16)14(3)8-12(15)17-4/h5-7H,8H2,1-4H3. The number of ether oxygens (including phenoxy) is 1. The second kappa shape index (κ2) is 5.48. The summed E-state index contributed by atoms with van der Waals surface area (Å²) in [5.41, 5.74) is 2.78. The number of aryl methyl sites for hydroxylation is 2. The van der Waals surface area contributed by atoms with E-state index in [4.69, 9.17) is 0 Å². The first-order chi connectivity index (χ1) is 7.95. The third-order valence-electron chi connectivity index (χ3n) is 2.69. The number of amides is 1. The van der Waals surface area contributed by atoms with Crippen LogP contribution in [-0.2, 0) is 9.53 Å². The SMILES string of the molecule is COC(=O)CN(C)C(=O)c1ccc(C)c(C)c1. The lowest BCUT2D eigenvalue weighted by atomic mass is 10.1. The lowest BCUT2D eigenvalue weighted by Gasteiger charge is -2.16. The number of carbonyl (C=O) groups is 2. The molecule has 4 heteroatoms. The van der Waals surface area contributed by atoms with Gasteiger partial charge in [-0.05, 0) is 37.1 Å². The monoisotopic (exact) mass is 235 g/mol. The number of benzene rings is 1. The number of hydrogen-bond donors (Lipinski definition) is 0. The first-order valence-corrected chi connectivity index (χ1v) is 5.35. The Morgan fingerprint density at radius 1 is 1.24 bits per heavy atom. The molecule has 0 N–H and O–H groups in total. The highest BCUT2D eigenvalue weighted by molar-refractivity contribution is 5.96. The van der Waals surface area contributed by atoms with Crippen molar-refractivity contribution in [2.45, 2.75) is 13.8 Å². The van der Waals surface area contributed by atoms with Crippen molar-refractivity contribution in [3.05, 3.63) is 34.9 Å². The van der Waals surface area contributed by atoms with Gasteiger partial charge in [0.2, 0.25) is 0 Å². The van der Waals surface area contributed by atoms with Gasteiger partial charge in [-0.15, -0.1) is 0 Å². The molecule has 0 saturated heterocycles. The van der Waals surface area contributed by atoms with E-state index >= 15 is 0 Å². The normalized spacial score (nSPS) is 9.88. The third kappa shape index (κ3) is 3.31. The fraction of sp³-hybridized carbons (Fsp3) is 0.385. The van der Waals surface area contributed by atoms with E-state index in [2.05, 4.69) is 4.74 Å². The maximum Gasteiger partial charge on any atom is 0.325 e. The summed E-state index contributed by atoms with van der Waals surface area (Å²) in [5.74, 6) is -0.608. The average molecular weight is 235 g/mol. The van der Waals surface area contributed by atoms with Gasteiger partial charge in [0.05, 0.1) is 7.11 Å². The molecule has 17 heavy (non-hydrogen) atoms. The van der Waals surface area contributed by atoms with Crippen LogP contribution < -0.4 is 0 Å². The molecule has 92 valence electrons. The van der Waals surface area contributed by atoms with E-state index < -0.39 is 5.97 Å². The van der Waals surface area contributed by atoms with E-state index in [1.807, 2.05) is 26.0 Å². The molecular weight excluding hydrogens is 218 g/mol. The Balaban J connectivity index is 2.81. The summed E-state index contributed by atoms with van der Waals surface area (Å²) in [6.45, 7) is 3.90. The summed E-state index contributed by atoms with van der Waals surface area (Å²) in [4.78, 5) is 24.4. The predicted molar refractivity (Wildman–Crippen MR) is 64.9 cm³/mol. The summed E-state index contributed by atoms with van der Waals surface area (Å²) in [7, 11) is 2.88. The van der Waals surface area contributed by atoms with Crippen molar-refractivity contribution in [2.75, 3.05) is 20.7 Å². The summed E-state index contributed by atoms with van der Waals surface area (Å²) in [5, 5.41) is 0. The van der Waals surface area contributed by atoms with Crippen LogP contribution in [0.15, 0.2) is 18.2 Å². The minimum absolute atomic E-state index is 0.0394. The van der Waals surface area contributed by atoms with Crippen LogP contribution in [0, 0.1) is 13.8 Å². The van der Waals surface area contributed by atoms with Crippen LogP contribution in [0.25, 0.3) is 0 Å². The highest BCUT2D eigenvalue weighted by Gasteiger charge is 2.15. The van der Waals surface area contributed by atoms with Crippen molar-refractivity contribution in [3.8, 4) is 0 Å². The zero-order valence-electron chi connectivity index (χ0n) is 10.6. The molecule has 1 amide bonds. The Morgan fingerprint density at radius 2 is 1.88 bits per heavy atom. The fourth-order valence-corrected chi connectivity index (χ4v) is 1.42. The number of methoxy groups -OCH3 is 1. The third-order valence-corrected chi connectivity index (χ3v) is 2.69. The van der Waals surface area contributed by atoms with Crippen molar-refractivity contribution in [2.24, 2.45) is 0 Å². The molecule has 0 unspecified atom stereocenters. The first kappa shape index (κ1) is 13.2. The zero-order valence-corrected chi connectivity index (χ0v) is 10.6. The summed E-state index contributed by atoms with van der Waals surface area (Å²) >= 11 is 0. The summed E-state index contributed by atoms with van der Waals surface area (Å²) in [6.07, 6.45) is 0. The Bertz CT molecular complexity index is 440. The van der Waals surface area contributed by atoms with Crippen LogP contribution in [0.1, 0.15) is 21.5 Å². The number of rotatable bonds is 3. The predicted octanol–water partition coefficient (Wildman–Crippen LogP) is 1.55. The average Bonchev–Trinajstić information content (AvgIpc) is 2.31. The molecule has 0 heterocycles. The topological polar surface area (TPSA) is 46.6 Å². The van der Waals surface area contributed by atoms with Crippen LogP contribution in [-0.4, -0.2) is 37.5 Å². The van der Waals surface area contributed by atoms with Gasteiger partial charge in [-0.3, -0.25) is 9.59 Å². The minimum atomic E-state index is -0.426. The van der Waals surface area contributed by atoms with Crippen LogP contribution in [0.4, 0.5) is 0 Å². The Kier molecular flexibility index (Phi) is 4.26. The molecule has 0 aliphatic rings. The van der Waals surface area contributed by atoms with Crippen molar-refractivity contribution >= 4 is 11.9 Å². The number of esters is 1. The highest BCUT2D eigenvalue weighted by Crippen LogP contribution is 2.11. The van der Waals surface area contributed by atoms with E-state index in [1.54, 1.807) is 13.1 Å². The van der Waals surface area contributed by atoms with E-state index in [9.17, 15) is 9.59 Å². The van der Waals surface area contributed by atoms with Gasteiger partial charge in [-0.25, -0.2) is 0 Å². The largest absolute Gasteiger partial charge is 0.468 e. The molecule has 1 aromatic carbocycles. The molecule has 0 atom stereocenters. The minimum Gasteiger partial charge on any atom is -0.468 e. The number of likely N-dealkylation sites (N-methyl/N-ethyl adjacent to an activating group) is 1. The van der Waals surface area contributed by atoms with Gasteiger partial charge in [0.25, 0.3) is 5.91 Å². The number of carbonyl (C=O) groups excluding carboxylic acids is 2. The smallest absolute Gasteiger partial charge is 0.325 e. The van der Waals surface area contributed by atoms with E-state index in [0.717, 1.165) is 11.1 Å². The highest BCUT2D eigenvalue weighted by atomic mass is 16.5. The molecule has 0 fully saturated rings. The zero-order chi connectivity index (χ0) is 13.0. The van der Waals surface area contributed by atoms with Gasteiger partial charge in [0, 0.05) is 12.6 Å².